The van der Waals surface area contributed by atoms with Gasteiger partial charge >= 0.3 is 0 Å². The Morgan fingerprint density at radius 1 is 1.57 bits per heavy atom. The molecular formula is C10H16FN3. The van der Waals surface area contributed by atoms with Gasteiger partial charge in [0.15, 0.2) is 0 Å². The van der Waals surface area contributed by atoms with E-state index in [9.17, 15) is 4.39 Å². The Morgan fingerprint density at radius 2 is 2.29 bits per heavy atom. The average molecular weight is 197 g/mol. The lowest BCUT2D eigenvalue weighted by molar-refractivity contribution is 0.617. The van der Waals surface area contributed by atoms with E-state index in [0.29, 0.717) is 6.54 Å². The first kappa shape index (κ1) is 10.9. The summed E-state index contributed by atoms with van der Waals surface area (Å²) in [6, 6.07) is 1.44. The second kappa shape index (κ2) is 4.91. The summed E-state index contributed by atoms with van der Waals surface area (Å²) in [5.41, 5.74) is 6.27. The molecule has 0 saturated carbocycles. The molecule has 0 spiro atoms. The minimum atomic E-state index is -0.334. The van der Waals surface area contributed by atoms with Crippen molar-refractivity contribution in [1.29, 1.82) is 0 Å². The molecule has 1 rings (SSSR count). The van der Waals surface area contributed by atoms with Crippen LogP contribution in [-0.2, 0) is 6.54 Å². The number of nitrogens with two attached hydrogens (primary N) is 1. The molecule has 4 heteroatoms. The van der Waals surface area contributed by atoms with Gasteiger partial charge in [0, 0.05) is 25.7 Å². The Bertz CT molecular complexity index is 301. The van der Waals surface area contributed by atoms with Gasteiger partial charge in [0.25, 0.3) is 0 Å². The van der Waals surface area contributed by atoms with Crippen LogP contribution in [0.15, 0.2) is 12.3 Å². The van der Waals surface area contributed by atoms with Crippen LogP contribution in [0.3, 0.4) is 0 Å². The van der Waals surface area contributed by atoms with Gasteiger partial charge < -0.3 is 10.6 Å². The van der Waals surface area contributed by atoms with E-state index >= 15 is 0 Å². The molecule has 1 heterocycles. The van der Waals surface area contributed by atoms with Crippen LogP contribution in [0.1, 0.15) is 18.9 Å². The molecule has 1 aromatic rings. The quantitative estimate of drug-likeness (QED) is 0.795. The fraction of sp³-hybridized carbons (Fsp3) is 0.500. The van der Waals surface area contributed by atoms with E-state index in [1.165, 1.54) is 12.3 Å². The zero-order valence-corrected chi connectivity index (χ0v) is 8.63. The largest absolute Gasteiger partial charge is 0.359 e. The normalized spacial score (nSPS) is 10.3. The van der Waals surface area contributed by atoms with Gasteiger partial charge in [-0.2, -0.15) is 0 Å². The van der Waals surface area contributed by atoms with Gasteiger partial charge in [-0.3, -0.25) is 0 Å². The molecule has 0 amide bonds. The number of pyridine rings is 1. The van der Waals surface area contributed by atoms with Crippen molar-refractivity contribution in [2.24, 2.45) is 5.73 Å². The van der Waals surface area contributed by atoms with Crippen molar-refractivity contribution in [3.63, 3.8) is 0 Å². The van der Waals surface area contributed by atoms with Crippen molar-refractivity contribution in [3.05, 3.63) is 23.6 Å². The Labute approximate surface area is 83.7 Å². The smallest absolute Gasteiger partial charge is 0.141 e. The second-order valence-corrected chi connectivity index (χ2v) is 3.26. The lowest BCUT2D eigenvalue weighted by atomic mass is 10.2. The number of anilines is 1. The predicted octanol–water partition coefficient (Wildman–Crippen LogP) is 1.53. The van der Waals surface area contributed by atoms with Crippen LogP contribution in [0.25, 0.3) is 0 Å². The summed E-state index contributed by atoms with van der Waals surface area (Å²) < 4.78 is 12.8. The average Bonchev–Trinajstić information content (AvgIpc) is 2.17. The van der Waals surface area contributed by atoms with E-state index in [1.54, 1.807) is 0 Å². The van der Waals surface area contributed by atoms with Crippen molar-refractivity contribution in [3.8, 4) is 0 Å². The van der Waals surface area contributed by atoms with Crippen LogP contribution in [0.5, 0.6) is 0 Å². The van der Waals surface area contributed by atoms with Crippen LogP contribution < -0.4 is 10.6 Å². The standard InChI is InChI=1S/C10H16FN3/c1-3-4-14(2)10-8(6-12)5-9(11)7-13-10/h5,7H,3-4,6,12H2,1-2H3. The number of rotatable bonds is 4. The summed E-state index contributed by atoms with van der Waals surface area (Å²) >= 11 is 0. The Hall–Kier alpha value is -1.16. The van der Waals surface area contributed by atoms with Crippen LogP contribution >= 0.6 is 0 Å². The maximum Gasteiger partial charge on any atom is 0.141 e. The van der Waals surface area contributed by atoms with Crippen molar-refractivity contribution in [2.45, 2.75) is 19.9 Å². The molecule has 0 fully saturated rings. The van der Waals surface area contributed by atoms with E-state index in [1.807, 2.05) is 11.9 Å². The fourth-order valence-electron chi connectivity index (χ4n) is 1.41. The highest BCUT2D eigenvalue weighted by Crippen LogP contribution is 2.16. The summed E-state index contributed by atoms with van der Waals surface area (Å²) in [6.45, 7) is 3.29. The molecule has 0 radical (unpaired) electrons. The van der Waals surface area contributed by atoms with Crippen LogP contribution in [0.4, 0.5) is 10.2 Å². The van der Waals surface area contributed by atoms with Gasteiger partial charge in [0.1, 0.15) is 11.6 Å². The molecule has 0 aromatic carbocycles. The maximum absolute atomic E-state index is 12.8. The van der Waals surface area contributed by atoms with Crippen molar-refractivity contribution in [1.82, 2.24) is 4.98 Å². The minimum absolute atomic E-state index is 0.314. The van der Waals surface area contributed by atoms with Crippen molar-refractivity contribution < 1.29 is 4.39 Å². The third-order valence-electron chi connectivity index (χ3n) is 2.05. The lowest BCUT2D eigenvalue weighted by Gasteiger charge is -2.19. The first-order valence-electron chi connectivity index (χ1n) is 4.74. The molecule has 78 valence electrons. The minimum Gasteiger partial charge on any atom is -0.359 e. The van der Waals surface area contributed by atoms with E-state index in [-0.39, 0.29) is 5.82 Å². The monoisotopic (exact) mass is 197 g/mol. The highest BCUT2D eigenvalue weighted by atomic mass is 19.1. The highest BCUT2D eigenvalue weighted by Gasteiger charge is 2.08. The van der Waals surface area contributed by atoms with Crippen LogP contribution in [-0.4, -0.2) is 18.6 Å². The van der Waals surface area contributed by atoms with Crippen molar-refractivity contribution >= 4 is 5.82 Å². The maximum atomic E-state index is 12.8. The number of hydrogen-bond donors (Lipinski definition) is 1. The molecule has 0 aliphatic rings. The van der Waals surface area contributed by atoms with Gasteiger partial charge in [-0.05, 0) is 12.5 Å². The molecule has 3 nitrogen and oxygen atoms in total. The van der Waals surface area contributed by atoms with E-state index < -0.39 is 0 Å². The summed E-state index contributed by atoms with van der Waals surface area (Å²) in [5, 5.41) is 0. The van der Waals surface area contributed by atoms with Gasteiger partial charge in [-0.15, -0.1) is 0 Å². The van der Waals surface area contributed by atoms with Gasteiger partial charge in [-0.1, -0.05) is 6.92 Å². The molecule has 14 heavy (non-hydrogen) atoms. The van der Waals surface area contributed by atoms with Gasteiger partial charge in [0.05, 0.1) is 6.20 Å². The molecule has 0 aliphatic carbocycles. The van der Waals surface area contributed by atoms with Gasteiger partial charge in [-0.25, -0.2) is 9.37 Å². The summed E-state index contributed by atoms with van der Waals surface area (Å²) in [5.74, 6) is 0.440. The van der Waals surface area contributed by atoms with Crippen molar-refractivity contribution in [2.75, 3.05) is 18.5 Å². The zero-order valence-electron chi connectivity index (χ0n) is 8.63. The Morgan fingerprint density at radius 3 is 2.86 bits per heavy atom. The highest BCUT2D eigenvalue weighted by molar-refractivity contribution is 5.45. The fourth-order valence-corrected chi connectivity index (χ4v) is 1.41. The topological polar surface area (TPSA) is 42.2 Å². The number of hydrogen-bond acceptors (Lipinski definition) is 3. The third-order valence-corrected chi connectivity index (χ3v) is 2.05. The summed E-state index contributed by atoms with van der Waals surface area (Å²) in [4.78, 5) is 6.03. The van der Waals surface area contributed by atoms with Gasteiger partial charge in [0.2, 0.25) is 0 Å². The molecule has 0 bridgehead atoms. The lowest BCUT2D eigenvalue weighted by Crippen LogP contribution is -2.21. The summed E-state index contributed by atoms with van der Waals surface area (Å²) in [6.07, 6.45) is 2.25. The molecule has 0 saturated heterocycles. The first-order valence-corrected chi connectivity index (χ1v) is 4.74. The third kappa shape index (κ3) is 2.42. The van der Waals surface area contributed by atoms with E-state index in [0.717, 1.165) is 24.3 Å². The van der Waals surface area contributed by atoms with E-state index in [4.69, 9.17) is 5.73 Å². The zero-order chi connectivity index (χ0) is 10.6. The number of halogens is 1. The van der Waals surface area contributed by atoms with E-state index in [2.05, 4.69) is 11.9 Å². The molecule has 1 aromatic heterocycles. The summed E-state index contributed by atoms with van der Waals surface area (Å²) in [7, 11) is 1.93. The molecule has 0 unspecified atom stereocenters. The Kier molecular flexibility index (Phi) is 3.83. The SMILES string of the molecule is CCCN(C)c1ncc(F)cc1CN. The number of nitrogens with zero attached hydrogens (tertiary/aromatic N) is 2. The first-order chi connectivity index (χ1) is 6.69. The molecule has 2 N–H and O–H groups in total. The predicted molar refractivity (Wildman–Crippen MR) is 55.6 cm³/mol. The molecule has 0 atom stereocenters. The Balaban J connectivity index is 2.95. The second-order valence-electron chi connectivity index (χ2n) is 3.26. The van der Waals surface area contributed by atoms with Crippen LogP contribution in [0.2, 0.25) is 0 Å². The number of aromatic nitrogens is 1. The van der Waals surface area contributed by atoms with Crippen LogP contribution in [0, 0.1) is 5.82 Å². The molecule has 0 aliphatic heterocycles. The molecular weight excluding hydrogens is 181 g/mol.